The summed E-state index contributed by atoms with van der Waals surface area (Å²) in [4.78, 5) is 1.91. The molecule has 0 bridgehead atoms. The van der Waals surface area contributed by atoms with Crippen molar-refractivity contribution >= 4 is 32.8 Å². The van der Waals surface area contributed by atoms with Gasteiger partial charge in [-0.1, -0.05) is 24.6 Å². The molecule has 0 fully saturated rings. The first-order valence-electron chi connectivity index (χ1n) is 6.19. The van der Waals surface area contributed by atoms with Crippen molar-refractivity contribution in [1.29, 1.82) is 0 Å². The molecule has 1 atom stereocenters. The highest BCUT2D eigenvalue weighted by molar-refractivity contribution is 7.91. The van der Waals surface area contributed by atoms with E-state index < -0.39 is 9.84 Å². The molecule has 0 saturated heterocycles. The maximum absolute atomic E-state index is 11.6. The van der Waals surface area contributed by atoms with Crippen molar-refractivity contribution in [3.05, 3.63) is 23.2 Å². The Morgan fingerprint density at radius 1 is 1.37 bits per heavy atom. The fraction of sp³-hybridized carbons (Fsp3) is 0.538. The van der Waals surface area contributed by atoms with Gasteiger partial charge >= 0.3 is 0 Å². The van der Waals surface area contributed by atoms with E-state index in [1.807, 2.05) is 44.1 Å². The molecule has 1 aromatic rings. The van der Waals surface area contributed by atoms with Crippen LogP contribution in [0.5, 0.6) is 0 Å². The van der Waals surface area contributed by atoms with E-state index >= 15 is 0 Å². The third-order valence-electron chi connectivity index (χ3n) is 2.78. The first-order valence-corrected chi connectivity index (χ1v) is 8.39. The largest absolute Gasteiger partial charge is 0.380 e. The van der Waals surface area contributed by atoms with Crippen LogP contribution in [0.4, 0.5) is 11.4 Å². The van der Waals surface area contributed by atoms with Gasteiger partial charge in [0.15, 0.2) is 9.84 Å². The minimum atomic E-state index is -2.99. The number of halogens is 1. The van der Waals surface area contributed by atoms with Gasteiger partial charge in [0.1, 0.15) is 0 Å². The molecule has 0 spiro atoms. The van der Waals surface area contributed by atoms with Crippen molar-refractivity contribution in [3.8, 4) is 0 Å². The fourth-order valence-corrected chi connectivity index (χ4v) is 3.32. The Kier molecular flexibility index (Phi) is 5.50. The highest BCUT2D eigenvalue weighted by Gasteiger charge is 2.16. The summed E-state index contributed by atoms with van der Waals surface area (Å²) in [6.07, 6.45) is 0. The van der Waals surface area contributed by atoms with E-state index in [0.717, 1.165) is 11.4 Å². The lowest BCUT2D eigenvalue weighted by atomic mass is 10.2. The van der Waals surface area contributed by atoms with Crippen LogP contribution in [-0.4, -0.2) is 40.1 Å². The Labute approximate surface area is 120 Å². The maximum Gasteiger partial charge on any atom is 0.152 e. The summed E-state index contributed by atoms with van der Waals surface area (Å²) in [5.74, 6) is 0.276. The van der Waals surface area contributed by atoms with Crippen molar-refractivity contribution in [3.63, 3.8) is 0 Å². The van der Waals surface area contributed by atoms with E-state index in [0.29, 0.717) is 5.02 Å². The molecule has 0 aromatic heterocycles. The average Bonchev–Trinajstić information content (AvgIpc) is 2.27. The molecule has 4 nitrogen and oxygen atoms in total. The minimum Gasteiger partial charge on any atom is -0.380 e. The molecule has 1 unspecified atom stereocenters. The summed E-state index contributed by atoms with van der Waals surface area (Å²) >= 11 is 6.17. The van der Waals surface area contributed by atoms with E-state index in [2.05, 4.69) is 5.32 Å². The lowest BCUT2D eigenvalue weighted by Gasteiger charge is -2.22. The molecule has 1 rings (SSSR count). The van der Waals surface area contributed by atoms with Crippen LogP contribution in [0.25, 0.3) is 0 Å². The minimum absolute atomic E-state index is 0.114. The molecular weight excluding hydrogens is 284 g/mol. The number of para-hydroxylation sites is 1. The van der Waals surface area contributed by atoms with Gasteiger partial charge in [0.05, 0.1) is 22.2 Å². The lowest BCUT2D eigenvalue weighted by Crippen LogP contribution is -2.27. The van der Waals surface area contributed by atoms with Gasteiger partial charge < -0.3 is 10.2 Å². The van der Waals surface area contributed by atoms with Crippen LogP contribution in [0.1, 0.15) is 13.8 Å². The molecule has 108 valence electrons. The summed E-state index contributed by atoms with van der Waals surface area (Å²) in [6.45, 7) is 3.51. The zero-order valence-corrected chi connectivity index (χ0v) is 13.3. The molecular formula is C13H21ClN2O2S. The van der Waals surface area contributed by atoms with Gasteiger partial charge in [-0.2, -0.15) is 0 Å². The smallest absolute Gasteiger partial charge is 0.152 e. The molecule has 6 heteroatoms. The van der Waals surface area contributed by atoms with Crippen molar-refractivity contribution in [2.75, 3.05) is 35.8 Å². The van der Waals surface area contributed by atoms with Crippen molar-refractivity contribution < 1.29 is 8.42 Å². The van der Waals surface area contributed by atoms with Crippen LogP contribution in [0, 0.1) is 0 Å². The van der Waals surface area contributed by atoms with Crippen LogP contribution < -0.4 is 10.2 Å². The summed E-state index contributed by atoms with van der Waals surface area (Å²) in [5.41, 5.74) is 1.71. The molecule has 0 aliphatic heterocycles. The van der Waals surface area contributed by atoms with E-state index in [-0.39, 0.29) is 17.5 Å². The highest BCUT2D eigenvalue weighted by Crippen LogP contribution is 2.32. The lowest BCUT2D eigenvalue weighted by molar-refractivity contribution is 0.593. The first kappa shape index (κ1) is 16.1. The quantitative estimate of drug-likeness (QED) is 0.878. The molecule has 0 amide bonds. The van der Waals surface area contributed by atoms with Crippen LogP contribution >= 0.6 is 11.6 Å². The van der Waals surface area contributed by atoms with E-state index in [4.69, 9.17) is 11.6 Å². The third-order valence-corrected chi connectivity index (χ3v) is 4.97. The Balaban J connectivity index is 2.91. The maximum atomic E-state index is 11.6. The number of hydrogen-bond donors (Lipinski definition) is 1. The molecule has 1 aromatic carbocycles. The van der Waals surface area contributed by atoms with Gasteiger partial charge in [-0.15, -0.1) is 0 Å². The van der Waals surface area contributed by atoms with E-state index in [1.54, 1.807) is 6.92 Å². The third kappa shape index (κ3) is 4.58. The number of rotatable bonds is 6. The normalized spacial score (nSPS) is 13.1. The molecule has 1 N–H and O–H groups in total. The van der Waals surface area contributed by atoms with Gasteiger partial charge in [-0.25, -0.2) is 8.42 Å². The number of sulfone groups is 1. The summed E-state index contributed by atoms with van der Waals surface area (Å²) in [7, 11) is 0.814. The molecule has 0 aliphatic rings. The van der Waals surface area contributed by atoms with Gasteiger partial charge in [0.25, 0.3) is 0 Å². The summed E-state index contributed by atoms with van der Waals surface area (Å²) < 4.78 is 23.2. The second kappa shape index (κ2) is 6.48. The van der Waals surface area contributed by atoms with Crippen molar-refractivity contribution in [1.82, 2.24) is 0 Å². The van der Waals surface area contributed by atoms with Crippen molar-refractivity contribution in [2.45, 2.75) is 19.9 Å². The highest BCUT2D eigenvalue weighted by atomic mass is 35.5. The van der Waals surface area contributed by atoms with Crippen LogP contribution in [0.15, 0.2) is 18.2 Å². The van der Waals surface area contributed by atoms with E-state index in [1.165, 1.54) is 0 Å². The zero-order chi connectivity index (χ0) is 14.6. The monoisotopic (exact) mass is 304 g/mol. The second-order valence-electron chi connectivity index (χ2n) is 4.77. The summed E-state index contributed by atoms with van der Waals surface area (Å²) in [5, 5.41) is 3.86. The van der Waals surface area contributed by atoms with Gasteiger partial charge in [0.2, 0.25) is 0 Å². The van der Waals surface area contributed by atoms with Crippen molar-refractivity contribution in [2.24, 2.45) is 0 Å². The standard InChI is InChI=1S/C13H21ClN2O2S/c1-5-19(17,18)9-10(2)15-12-8-6-7-11(14)13(12)16(3)4/h6-8,10,15H,5,9H2,1-4H3. The molecule has 0 aliphatic carbocycles. The number of benzene rings is 1. The second-order valence-corrected chi connectivity index (χ2v) is 7.58. The average molecular weight is 305 g/mol. The zero-order valence-electron chi connectivity index (χ0n) is 11.8. The van der Waals surface area contributed by atoms with Crippen LogP contribution in [0.3, 0.4) is 0 Å². The fourth-order valence-electron chi connectivity index (χ4n) is 1.89. The topological polar surface area (TPSA) is 49.4 Å². The molecule has 0 radical (unpaired) electrons. The van der Waals surface area contributed by atoms with Gasteiger partial charge in [-0.05, 0) is 19.1 Å². The van der Waals surface area contributed by atoms with Crippen LogP contribution in [-0.2, 0) is 9.84 Å². The molecule has 0 saturated carbocycles. The number of anilines is 2. The van der Waals surface area contributed by atoms with E-state index in [9.17, 15) is 8.42 Å². The first-order chi connectivity index (χ1) is 8.76. The van der Waals surface area contributed by atoms with Crippen LogP contribution in [0.2, 0.25) is 5.02 Å². The predicted molar refractivity (Wildman–Crippen MR) is 83.2 cm³/mol. The Bertz CT molecular complexity index is 529. The molecule has 0 heterocycles. The van der Waals surface area contributed by atoms with Gasteiger partial charge in [-0.3, -0.25) is 0 Å². The number of nitrogens with one attached hydrogen (secondary N) is 1. The Hall–Kier alpha value is -0.940. The number of nitrogens with zero attached hydrogens (tertiary/aromatic N) is 1. The molecule has 19 heavy (non-hydrogen) atoms. The Morgan fingerprint density at radius 3 is 2.53 bits per heavy atom. The predicted octanol–water partition coefficient (Wildman–Crippen LogP) is 2.64. The summed E-state index contributed by atoms with van der Waals surface area (Å²) in [6, 6.07) is 5.40. The van der Waals surface area contributed by atoms with Gasteiger partial charge in [0, 0.05) is 25.9 Å². The Morgan fingerprint density at radius 2 is 2.00 bits per heavy atom. The number of hydrogen-bond acceptors (Lipinski definition) is 4. The SMILES string of the molecule is CCS(=O)(=O)CC(C)Nc1cccc(Cl)c1N(C)C.